The maximum absolute atomic E-state index is 5.74. The second kappa shape index (κ2) is 8.87. The predicted molar refractivity (Wildman–Crippen MR) is 86.8 cm³/mol. The first-order valence-corrected chi connectivity index (χ1v) is 9.04. The van der Waals surface area contributed by atoms with Crippen molar-refractivity contribution in [1.82, 2.24) is 0 Å². The zero-order valence-electron chi connectivity index (χ0n) is 13.7. The van der Waals surface area contributed by atoms with E-state index in [9.17, 15) is 0 Å². The van der Waals surface area contributed by atoms with Gasteiger partial charge in [-0.1, -0.05) is 19.1 Å². The van der Waals surface area contributed by atoms with Crippen molar-refractivity contribution in [1.29, 1.82) is 0 Å². The fraction of sp³-hybridized carbons (Fsp3) is 0.895. The molecule has 0 saturated heterocycles. The fourth-order valence-electron chi connectivity index (χ4n) is 4.30. The normalized spacial score (nSPS) is 35.5. The Balaban J connectivity index is 1.64. The maximum Gasteiger partial charge on any atom is 0.0494 e. The topological polar surface area (TPSA) is 9.23 Å². The van der Waals surface area contributed by atoms with Crippen molar-refractivity contribution in [3.05, 3.63) is 12.2 Å². The Morgan fingerprint density at radius 1 is 0.900 bits per heavy atom. The molecule has 0 atom stereocenters. The highest BCUT2D eigenvalue weighted by Gasteiger charge is 2.30. The Morgan fingerprint density at radius 2 is 1.50 bits per heavy atom. The number of hydrogen-bond acceptors (Lipinski definition) is 1. The molecule has 0 bridgehead atoms. The van der Waals surface area contributed by atoms with Crippen LogP contribution in [0.1, 0.15) is 71.6 Å². The van der Waals surface area contributed by atoms with E-state index in [1.54, 1.807) is 0 Å². The van der Waals surface area contributed by atoms with E-state index in [1.807, 2.05) is 0 Å². The molecule has 0 aromatic carbocycles. The van der Waals surface area contributed by atoms with Gasteiger partial charge in [-0.05, 0) is 88.4 Å². The highest BCUT2D eigenvalue weighted by Crippen LogP contribution is 2.41. The fourth-order valence-corrected chi connectivity index (χ4v) is 4.30. The first-order valence-electron chi connectivity index (χ1n) is 9.04. The van der Waals surface area contributed by atoms with E-state index in [-0.39, 0.29) is 0 Å². The Hall–Kier alpha value is -0.300. The van der Waals surface area contributed by atoms with Gasteiger partial charge in [0.25, 0.3) is 0 Å². The quantitative estimate of drug-likeness (QED) is 0.454. The van der Waals surface area contributed by atoms with E-state index in [0.717, 1.165) is 43.3 Å². The number of allylic oxidation sites excluding steroid dienone is 2. The summed E-state index contributed by atoms with van der Waals surface area (Å²) >= 11 is 0. The second-order valence-electron chi connectivity index (χ2n) is 7.06. The van der Waals surface area contributed by atoms with Gasteiger partial charge < -0.3 is 4.74 Å². The van der Waals surface area contributed by atoms with Gasteiger partial charge in [0.1, 0.15) is 0 Å². The summed E-state index contributed by atoms with van der Waals surface area (Å²) < 4.78 is 5.74. The molecule has 2 fully saturated rings. The third kappa shape index (κ3) is 4.91. The molecule has 2 aliphatic rings. The number of ether oxygens (including phenoxy) is 1. The van der Waals surface area contributed by atoms with Crippen LogP contribution in [-0.2, 0) is 4.74 Å². The molecular weight excluding hydrogens is 244 g/mol. The maximum atomic E-state index is 5.74. The Labute approximate surface area is 126 Å². The minimum absolute atomic E-state index is 0.858. The van der Waals surface area contributed by atoms with Gasteiger partial charge in [0.15, 0.2) is 0 Å². The van der Waals surface area contributed by atoms with Crippen molar-refractivity contribution in [2.24, 2.45) is 23.7 Å². The van der Waals surface area contributed by atoms with Crippen LogP contribution in [-0.4, -0.2) is 13.2 Å². The summed E-state index contributed by atoms with van der Waals surface area (Å²) in [4.78, 5) is 0. The second-order valence-corrected chi connectivity index (χ2v) is 7.06. The highest BCUT2D eigenvalue weighted by atomic mass is 16.5. The van der Waals surface area contributed by atoms with Crippen molar-refractivity contribution >= 4 is 0 Å². The summed E-state index contributed by atoms with van der Waals surface area (Å²) in [5, 5.41) is 0. The van der Waals surface area contributed by atoms with Crippen molar-refractivity contribution in [2.45, 2.75) is 71.6 Å². The lowest BCUT2D eigenvalue weighted by atomic mass is 9.69. The van der Waals surface area contributed by atoms with E-state index < -0.39 is 0 Å². The van der Waals surface area contributed by atoms with Gasteiger partial charge in [-0.25, -0.2) is 0 Å². The molecule has 0 N–H and O–H groups in total. The lowest BCUT2D eigenvalue weighted by molar-refractivity contribution is 0.0662. The van der Waals surface area contributed by atoms with Crippen LogP contribution in [0.15, 0.2) is 12.2 Å². The van der Waals surface area contributed by atoms with Crippen molar-refractivity contribution in [2.75, 3.05) is 13.2 Å². The van der Waals surface area contributed by atoms with E-state index in [1.165, 1.54) is 51.4 Å². The SMILES string of the molecule is C/C=C/[C@H]1CC[C@H](C2CCC(COCCC)CC2)CC1. The molecule has 2 rings (SSSR count). The minimum Gasteiger partial charge on any atom is -0.381 e. The van der Waals surface area contributed by atoms with Crippen LogP contribution in [0, 0.1) is 23.7 Å². The molecule has 2 saturated carbocycles. The highest BCUT2D eigenvalue weighted by molar-refractivity contribution is 4.90. The summed E-state index contributed by atoms with van der Waals surface area (Å²) in [6.07, 6.45) is 17.5. The molecule has 116 valence electrons. The van der Waals surface area contributed by atoms with E-state index in [4.69, 9.17) is 4.74 Å². The van der Waals surface area contributed by atoms with Gasteiger partial charge in [0, 0.05) is 13.2 Å². The Bertz CT molecular complexity index is 267. The first kappa shape index (κ1) is 16.1. The lowest BCUT2D eigenvalue weighted by Crippen LogP contribution is -2.26. The molecule has 0 aromatic rings. The molecule has 1 heteroatoms. The number of hydrogen-bond donors (Lipinski definition) is 0. The summed E-state index contributed by atoms with van der Waals surface area (Å²) in [7, 11) is 0. The van der Waals surface area contributed by atoms with Gasteiger partial charge in [-0.3, -0.25) is 0 Å². The van der Waals surface area contributed by atoms with Gasteiger partial charge in [-0.15, -0.1) is 0 Å². The monoisotopic (exact) mass is 278 g/mol. The van der Waals surface area contributed by atoms with Crippen LogP contribution in [0.3, 0.4) is 0 Å². The Morgan fingerprint density at radius 3 is 2.05 bits per heavy atom. The molecule has 0 amide bonds. The molecular formula is C19H34O. The smallest absolute Gasteiger partial charge is 0.0494 e. The molecule has 1 nitrogen and oxygen atoms in total. The van der Waals surface area contributed by atoms with Crippen LogP contribution >= 0.6 is 0 Å². The lowest BCUT2D eigenvalue weighted by Gasteiger charge is -2.37. The van der Waals surface area contributed by atoms with E-state index >= 15 is 0 Å². The number of rotatable bonds is 6. The molecule has 0 spiro atoms. The zero-order chi connectivity index (χ0) is 14.2. The molecule has 0 heterocycles. The average Bonchev–Trinajstić information content (AvgIpc) is 2.49. The molecule has 0 radical (unpaired) electrons. The van der Waals surface area contributed by atoms with Crippen LogP contribution in [0.4, 0.5) is 0 Å². The first-order chi connectivity index (χ1) is 9.83. The van der Waals surface area contributed by atoms with Gasteiger partial charge >= 0.3 is 0 Å². The third-order valence-electron chi connectivity index (χ3n) is 5.54. The molecule has 0 aromatic heterocycles. The molecule has 0 unspecified atom stereocenters. The van der Waals surface area contributed by atoms with Crippen molar-refractivity contribution in [3.63, 3.8) is 0 Å². The summed E-state index contributed by atoms with van der Waals surface area (Å²) in [5.41, 5.74) is 0. The largest absolute Gasteiger partial charge is 0.381 e. The van der Waals surface area contributed by atoms with Gasteiger partial charge in [0.05, 0.1) is 0 Å². The van der Waals surface area contributed by atoms with Crippen molar-refractivity contribution in [3.8, 4) is 0 Å². The average molecular weight is 278 g/mol. The molecule has 0 aliphatic heterocycles. The van der Waals surface area contributed by atoms with Crippen LogP contribution in [0.5, 0.6) is 0 Å². The van der Waals surface area contributed by atoms with E-state index in [0.29, 0.717) is 0 Å². The predicted octanol–water partition coefficient (Wildman–Crippen LogP) is 5.60. The van der Waals surface area contributed by atoms with E-state index in [2.05, 4.69) is 26.0 Å². The van der Waals surface area contributed by atoms with Crippen LogP contribution in [0.25, 0.3) is 0 Å². The summed E-state index contributed by atoms with van der Waals surface area (Å²) in [6, 6.07) is 0. The Kier molecular flexibility index (Phi) is 7.13. The molecule has 2 aliphatic carbocycles. The summed E-state index contributed by atoms with van der Waals surface area (Å²) in [6.45, 7) is 6.33. The zero-order valence-corrected chi connectivity index (χ0v) is 13.7. The van der Waals surface area contributed by atoms with Crippen LogP contribution in [0.2, 0.25) is 0 Å². The third-order valence-corrected chi connectivity index (χ3v) is 5.54. The minimum atomic E-state index is 0.858. The standard InChI is InChI=1S/C19H34O/c1-3-5-16-6-10-18(11-7-16)19-12-8-17(9-13-19)15-20-14-4-2/h3,5,16-19H,4,6-15H2,1-2H3/b5-3+/t16-,17?,18-,19?. The van der Waals surface area contributed by atoms with Gasteiger partial charge in [-0.2, -0.15) is 0 Å². The molecule has 20 heavy (non-hydrogen) atoms. The van der Waals surface area contributed by atoms with Gasteiger partial charge in [0.2, 0.25) is 0 Å². The van der Waals surface area contributed by atoms with Crippen molar-refractivity contribution < 1.29 is 4.74 Å². The van der Waals surface area contributed by atoms with Crippen LogP contribution < -0.4 is 0 Å². The summed E-state index contributed by atoms with van der Waals surface area (Å²) in [5.74, 6) is 3.81.